The van der Waals surface area contributed by atoms with Gasteiger partial charge in [0.15, 0.2) is 5.43 Å². The summed E-state index contributed by atoms with van der Waals surface area (Å²) in [6.07, 6.45) is -0.0431. The van der Waals surface area contributed by atoms with Crippen molar-refractivity contribution in [2.45, 2.75) is 19.6 Å². The van der Waals surface area contributed by atoms with Gasteiger partial charge in [-0.3, -0.25) is 9.59 Å². The normalized spacial score (nSPS) is 18.1. The Morgan fingerprint density at radius 3 is 3.12 bits per heavy atom. The van der Waals surface area contributed by atoms with Crippen molar-refractivity contribution in [3.05, 3.63) is 45.2 Å². The lowest BCUT2D eigenvalue weighted by Crippen LogP contribution is -2.48. The van der Waals surface area contributed by atoms with E-state index in [-0.39, 0.29) is 17.4 Å². The average Bonchev–Trinajstić information content (AvgIpc) is 2.56. The van der Waals surface area contributed by atoms with Crippen molar-refractivity contribution < 1.29 is 9.53 Å². The van der Waals surface area contributed by atoms with E-state index < -0.39 is 0 Å². The van der Waals surface area contributed by atoms with E-state index in [2.05, 4.69) is 10.3 Å². The van der Waals surface area contributed by atoms with Crippen LogP contribution in [0.4, 0.5) is 0 Å². The van der Waals surface area contributed by atoms with Crippen molar-refractivity contribution in [2.75, 3.05) is 26.2 Å². The van der Waals surface area contributed by atoms with Crippen molar-refractivity contribution in [1.29, 1.82) is 0 Å². The highest BCUT2D eigenvalue weighted by atomic mass is 35.5. The molecule has 2 N–H and O–H groups in total. The monoisotopic (exact) mass is 349 g/mol. The number of rotatable bonds is 4. The summed E-state index contributed by atoms with van der Waals surface area (Å²) >= 11 is 6.15. The number of benzene rings is 1. The van der Waals surface area contributed by atoms with Crippen LogP contribution in [0.2, 0.25) is 5.02 Å². The summed E-state index contributed by atoms with van der Waals surface area (Å²) in [5.41, 5.74) is 1.36. The predicted molar refractivity (Wildman–Crippen MR) is 93.3 cm³/mol. The van der Waals surface area contributed by atoms with Crippen molar-refractivity contribution >= 4 is 28.4 Å². The zero-order valence-electron chi connectivity index (χ0n) is 13.5. The molecule has 1 aliphatic heterocycles. The van der Waals surface area contributed by atoms with Crippen LogP contribution in [-0.2, 0) is 16.1 Å². The number of pyridine rings is 1. The molecule has 0 bridgehead atoms. The summed E-state index contributed by atoms with van der Waals surface area (Å²) in [6, 6.07) is 6.85. The van der Waals surface area contributed by atoms with Crippen LogP contribution < -0.4 is 10.7 Å². The van der Waals surface area contributed by atoms with Gasteiger partial charge < -0.3 is 19.9 Å². The summed E-state index contributed by atoms with van der Waals surface area (Å²) in [6.45, 7) is 4.45. The summed E-state index contributed by atoms with van der Waals surface area (Å²) in [5.74, 6) is 0.0665. The number of hydrogen-bond donors (Lipinski definition) is 2. The molecule has 1 aromatic carbocycles. The Bertz CT molecular complexity index is 805. The maximum absolute atomic E-state index is 12.2. The Morgan fingerprint density at radius 1 is 1.50 bits per heavy atom. The molecule has 0 spiro atoms. The number of nitrogens with one attached hydrogen (secondary N) is 2. The van der Waals surface area contributed by atoms with Crippen LogP contribution in [0.15, 0.2) is 29.1 Å². The number of nitrogens with zero attached hydrogens (tertiary/aromatic N) is 1. The molecule has 0 radical (unpaired) electrons. The highest BCUT2D eigenvalue weighted by molar-refractivity contribution is 6.35. The quantitative estimate of drug-likeness (QED) is 0.877. The molecule has 2 aromatic rings. The number of H-pyrrole nitrogens is 1. The second-order valence-corrected chi connectivity index (χ2v) is 6.32. The van der Waals surface area contributed by atoms with E-state index in [4.69, 9.17) is 16.3 Å². The van der Waals surface area contributed by atoms with Crippen molar-refractivity contribution in [3.8, 4) is 0 Å². The standard InChI is InChI=1S/C17H20ClN3O3/c1-11(22)21-5-6-24-13(10-21)9-19-8-12-7-16(23)14-3-2-4-15(18)17(14)20-12/h2-4,7,13,19H,5-6,8-10H2,1H3,(H,20,23)/t13-/m1/s1. The molecule has 1 saturated heterocycles. The fourth-order valence-electron chi connectivity index (χ4n) is 2.88. The molecule has 1 aliphatic rings. The molecule has 1 amide bonds. The highest BCUT2D eigenvalue weighted by Crippen LogP contribution is 2.18. The Labute approximate surface area is 144 Å². The van der Waals surface area contributed by atoms with E-state index in [0.29, 0.717) is 48.7 Å². The summed E-state index contributed by atoms with van der Waals surface area (Å²) < 4.78 is 5.66. The van der Waals surface area contributed by atoms with E-state index in [1.807, 2.05) is 0 Å². The molecular formula is C17H20ClN3O3. The first-order valence-corrected chi connectivity index (χ1v) is 8.30. The number of amides is 1. The lowest BCUT2D eigenvalue weighted by molar-refractivity contribution is -0.136. The molecule has 0 aliphatic carbocycles. The van der Waals surface area contributed by atoms with Gasteiger partial charge in [0, 0.05) is 50.2 Å². The number of carbonyl (C=O) groups excluding carboxylic acids is 1. The van der Waals surface area contributed by atoms with Gasteiger partial charge in [-0.15, -0.1) is 0 Å². The first kappa shape index (κ1) is 17.0. The third-order valence-electron chi connectivity index (χ3n) is 4.14. The number of morpholine rings is 1. The van der Waals surface area contributed by atoms with Crippen LogP contribution in [0, 0.1) is 0 Å². The zero-order valence-corrected chi connectivity index (χ0v) is 14.2. The predicted octanol–water partition coefficient (Wildman–Crippen LogP) is 1.52. The second kappa shape index (κ2) is 7.34. The van der Waals surface area contributed by atoms with Gasteiger partial charge in [-0.05, 0) is 12.1 Å². The molecule has 2 heterocycles. The van der Waals surface area contributed by atoms with E-state index in [1.165, 1.54) is 0 Å². The summed E-state index contributed by atoms with van der Waals surface area (Å²) in [4.78, 5) is 28.6. The van der Waals surface area contributed by atoms with Gasteiger partial charge in [-0.25, -0.2) is 0 Å². The van der Waals surface area contributed by atoms with Crippen LogP contribution in [0.5, 0.6) is 0 Å². The van der Waals surface area contributed by atoms with Crippen LogP contribution in [0.1, 0.15) is 12.6 Å². The number of fused-ring (bicyclic) bond motifs is 1. The molecule has 24 heavy (non-hydrogen) atoms. The van der Waals surface area contributed by atoms with Crippen molar-refractivity contribution in [1.82, 2.24) is 15.2 Å². The smallest absolute Gasteiger partial charge is 0.219 e. The fraction of sp³-hybridized carbons (Fsp3) is 0.412. The number of hydrogen-bond acceptors (Lipinski definition) is 4. The maximum Gasteiger partial charge on any atom is 0.219 e. The van der Waals surface area contributed by atoms with Gasteiger partial charge in [-0.1, -0.05) is 17.7 Å². The van der Waals surface area contributed by atoms with Crippen molar-refractivity contribution in [3.63, 3.8) is 0 Å². The van der Waals surface area contributed by atoms with Crippen molar-refractivity contribution in [2.24, 2.45) is 0 Å². The lowest BCUT2D eigenvalue weighted by atomic mass is 10.2. The van der Waals surface area contributed by atoms with Gasteiger partial charge in [-0.2, -0.15) is 0 Å². The number of aromatic nitrogens is 1. The Morgan fingerprint density at radius 2 is 2.33 bits per heavy atom. The first-order valence-electron chi connectivity index (χ1n) is 7.93. The number of para-hydroxylation sites is 1. The topological polar surface area (TPSA) is 74.4 Å². The third-order valence-corrected chi connectivity index (χ3v) is 4.46. The molecule has 0 unspecified atom stereocenters. The average molecular weight is 350 g/mol. The van der Waals surface area contributed by atoms with E-state index in [1.54, 1.807) is 36.1 Å². The minimum absolute atomic E-state index is 0.0431. The van der Waals surface area contributed by atoms with E-state index in [0.717, 1.165) is 5.69 Å². The number of ether oxygens (including phenoxy) is 1. The van der Waals surface area contributed by atoms with Gasteiger partial charge in [0.25, 0.3) is 0 Å². The van der Waals surface area contributed by atoms with Gasteiger partial charge >= 0.3 is 0 Å². The van der Waals surface area contributed by atoms with E-state index in [9.17, 15) is 9.59 Å². The van der Waals surface area contributed by atoms with Crippen LogP contribution in [0.3, 0.4) is 0 Å². The molecule has 1 atom stereocenters. The highest BCUT2D eigenvalue weighted by Gasteiger charge is 2.21. The molecule has 0 saturated carbocycles. The Kier molecular flexibility index (Phi) is 5.18. The molecular weight excluding hydrogens is 330 g/mol. The molecule has 1 aromatic heterocycles. The fourth-order valence-corrected chi connectivity index (χ4v) is 3.10. The molecule has 7 heteroatoms. The van der Waals surface area contributed by atoms with Crippen LogP contribution in [0.25, 0.3) is 10.9 Å². The van der Waals surface area contributed by atoms with Crippen LogP contribution in [-0.4, -0.2) is 48.1 Å². The Hall–Kier alpha value is -1.89. The SMILES string of the molecule is CC(=O)N1CCO[C@H](CNCc2cc(=O)c3cccc(Cl)c3[nH]2)C1. The zero-order chi connectivity index (χ0) is 17.1. The number of halogens is 1. The van der Waals surface area contributed by atoms with Gasteiger partial charge in [0.2, 0.25) is 5.91 Å². The largest absolute Gasteiger partial charge is 0.373 e. The number of carbonyl (C=O) groups is 1. The van der Waals surface area contributed by atoms with Gasteiger partial charge in [0.05, 0.1) is 23.3 Å². The lowest BCUT2D eigenvalue weighted by Gasteiger charge is -2.32. The molecule has 3 rings (SSSR count). The van der Waals surface area contributed by atoms with Gasteiger partial charge in [0.1, 0.15) is 0 Å². The first-order chi connectivity index (χ1) is 11.5. The number of aromatic amines is 1. The summed E-state index contributed by atoms with van der Waals surface area (Å²) in [7, 11) is 0. The molecule has 6 nitrogen and oxygen atoms in total. The second-order valence-electron chi connectivity index (χ2n) is 5.91. The minimum atomic E-state index is -0.0558. The third kappa shape index (κ3) is 3.77. The molecule has 128 valence electrons. The minimum Gasteiger partial charge on any atom is -0.373 e. The summed E-state index contributed by atoms with van der Waals surface area (Å²) in [5, 5.41) is 4.38. The molecule has 1 fully saturated rings. The maximum atomic E-state index is 12.2. The Balaban J connectivity index is 1.63. The van der Waals surface area contributed by atoms with E-state index >= 15 is 0 Å². The van der Waals surface area contributed by atoms with Crippen LogP contribution >= 0.6 is 11.6 Å².